The maximum Gasteiger partial charge on any atom is 0.250 e. The summed E-state index contributed by atoms with van der Waals surface area (Å²) in [6, 6.07) is 3.99. The van der Waals surface area contributed by atoms with Crippen LogP contribution in [-0.4, -0.2) is 90.7 Å². The van der Waals surface area contributed by atoms with Crippen LogP contribution in [0.5, 0.6) is 5.75 Å². The first kappa shape index (κ1) is 27.6. The third kappa shape index (κ3) is 6.47. The van der Waals surface area contributed by atoms with Gasteiger partial charge in [-0.05, 0) is 49.8 Å². The van der Waals surface area contributed by atoms with E-state index in [0.717, 1.165) is 50.6 Å². The highest BCUT2D eigenvalue weighted by Crippen LogP contribution is 2.33. The lowest BCUT2D eigenvalue weighted by molar-refractivity contribution is -0.136. The van der Waals surface area contributed by atoms with E-state index in [4.69, 9.17) is 9.73 Å². The minimum Gasteiger partial charge on any atom is -0.497 e. The first-order valence-corrected chi connectivity index (χ1v) is 14.4. The Kier molecular flexibility index (Phi) is 8.87. The molecule has 3 N–H and O–H groups in total. The number of hydrogen-bond donors (Lipinski definition) is 3. The van der Waals surface area contributed by atoms with Crippen LogP contribution in [0.4, 0.5) is 10.1 Å². The van der Waals surface area contributed by atoms with E-state index < -0.39 is 11.6 Å². The number of amides is 1. The zero-order valence-corrected chi connectivity index (χ0v) is 22.9. The van der Waals surface area contributed by atoms with Gasteiger partial charge >= 0.3 is 0 Å². The van der Waals surface area contributed by atoms with Crippen molar-refractivity contribution >= 4 is 17.9 Å². The van der Waals surface area contributed by atoms with Crippen molar-refractivity contribution in [3.8, 4) is 5.75 Å². The van der Waals surface area contributed by atoms with E-state index in [9.17, 15) is 14.3 Å². The minimum absolute atomic E-state index is 0.0244. The van der Waals surface area contributed by atoms with Gasteiger partial charge in [-0.1, -0.05) is 37.5 Å². The molecular formula is C30H42FN5O3. The van der Waals surface area contributed by atoms with Crippen molar-refractivity contribution in [1.29, 1.82) is 0 Å². The van der Waals surface area contributed by atoms with Crippen molar-refractivity contribution in [2.45, 2.75) is 75.1 Å². The van der Waals surface area contributed by atoms with Gasteiger partial charge in [-0.3, -0.25) is 9.79 Å². The van der Waals surface area contributed by atoms with Gasteiger partial charge in [0.2, 0.25) is 5.91 Å². The number of β-amino-alcohol motifs (C(OH)–C–C–N with tert-alkyl or cyclic N) is 1. The number of benzene rings is 1. The molecule has 1 saturated heterocycles. The third-order valence-electron chi connectivity index (χ3n) is 8.51. The van der Waals surface area contributed by atoms with Gasteiger partial charge in [0.15, 0.2) is 6.04 Å². The van der Waals surface area contributed by atoms with Crippen LogP contribution in [0.3, 0.4) is 0 Å². The molecule has 0 bridgehead atoms. The Morgan fingerprint density at radius 2 is 2.13 bits per heavy atom. The Hall–Kier alpha value is -2.91. The highest BCUT2D eigenvalue weighted by molar-refractivity contribution is 5.87. The number of anilines is 1. The highest BCUT2D eigenvalue weighted by Gasteiger charge is 2.44. The number of methoxy groups -OCH3 is 1. The Morgan fingerprint density at radius 3 is 2.87 bits per heavy atom. The fraction of sp³-hybridized carbons (Fsp3) is 0.600. The van der Waals surface area contributed by atoms with E-state index in [1.807, 2.05) is 4.90 Å². The maximum absolute atomic E-state index is 14.4. The number of piperazine rings is 1. The number of carbonyl (C=O) groups excluding carboxylic acids is 1. The van der Waals surface area contributed by atoms with E-state index in [1.165, 1.54) is 19.6 Å². The molecule has 9 heteroatoms. The topological polar surface area (TPSA) is 89.4 Å². The number of aliphatic hydroxyl groups is 1. The number of rotatable bonds is 9. The number of aliphatic imine (C=N–C) groups is 1. The molecule has 212 valence electrons. The summed E-state index contributed by atoms with van der Waals surface area (Å²) in [5.41, 5.74) is 0.796. The summed E-state index contributed by atoms with van der Waals surface area (Å²) in [6.07, 6.45) is 15.8. The Morgan fingerprint density at radius 1 is 1.28 bits per heavy atom. The summed E-state index contributed by atoms with van der Waals surface area (Å²) in [4.78, 5) is 22.9. The van der Waals surface area contributed by atoms with Gasteiger partial charge < -0.3 is 30.3 Å². The summed E-state index contributed by atoms with van der Waals surface area (Å²) < 4.78 is 19.5. The largest absolute Gasteiger partial charge is 0.497 e. The van der Waals surface area contributed by atoms with Gasteiger partial charge in [-0.25, -0.2) is 4.39 Å². The van der Waals surface area contributed by atoms with Crippen LogP contribution >= 0.6 is 0 Å². The first-order valence-electron chi connectivity index (χ1n) is 14.4. The van der Waals surface area contributed by atoms with Crippen LogP contribution in [0, 0.1) is 5.82 Å². The molecule has 3 atom stereocenters. The molecule has 0 radical (unpaired) electrons. The number of halogens is 1. The predicted molar refractivity (Wildman–Crippen MR) is 152 cm³/mol. The Balaban J connectivity index is 1.27. The first-order chi connectivity index (χ1) is 19.0. The van der Waals surface area contributed by atoms with Crippen molar-refractivity contribution in [3.05, 3.63) is 47.8 Å². The Labute approximate surface area is 231 Å². The second-order valence-electron chi connectivity index (χ2n) is 11.2. The number of nitrogens with zero attached hydrogens (tertiary/aromatic N) is 3. The number of carbonyl (C=O) groups is 1. The molecule has 4 aliphatic rings. The minimum atomic E-state index is -0.737. The molecule has 0 spiro atoms. The molecule has 5 rings (SSSR count). The predicted octanol–water partition coefficient (Wildman–Crippen LogP) is 3.49. The zero-order valence-electron chi connectivity index (χ0n) is 22.9. The third-order valence-corrected chi connectivity index (χ3v) is 8.51. The van der Waals surface area contributed by atoms with Gasteiger partial charge in [0, 0.05) is 44.8 Å². The molecule has 1 saturated carbocycles. The SMILES string of the molecule is COc1ccc(NCC[C@@H]2CNCCN2C(=O)C2N=CN(CC3(O)CCCCC3)C2C2=CCCC=C2)c(F)c1. The van der Waals surface area contributed by atoms with Gasteiger partial charge in [0.05, 0.1) is 30.8 Å². The van der Waals surface area contributed by atoms with Crippen molar-refractivity contribution in [1.82, 2.24) is 15.1 Å². The summed E-state index contributed by atoms with van der Waals surface area (Å²) in [5, 5.41) is 17.9. The molecule has 2 aliphatic heterocycles. The smallest absolute Gasteiger partial charge is 0.250 e. The molecule has 1 aromatic rings. The van der Waals surface area contributed by atoms with Crippen molar-refractivity contribution in [2.75, 3.05) is 45.2 Å². The number of nitrogens with one attached hydrogen (secondary N) is 2. The van der Waals surface area contributed by atoms with E-state index in [-0.39, 0.29) is 23.8 Å². The van der Waals surface area contributed by atoms with Crippen molar-refractivity contribution in [3.63, 3.8) is 0 Å². The fourth-order valence-corrected chi connectivity index (χ4v) is 6.38. The number of hydrogen-bond acceptors (Lipinski definition) is 7. The average molecular weight is 540 g/mol. The van der Waals surface area contributed by atoms with Crippen LogP contribution in [0.2, 0.25) is 0 Å². The molecule has 2 aliphatic carbocycles. The summed E-state index contributed by atoms with van der Waals surface area (Å²) in [6.45, 7) is 3.06. The Bertz CT molecular complexity index is 1100. The summed E-state index contributed by atoms with van der Waals surface area (Å²) in [7, 11) is 1.51. The van der Waals surface area contributed by atoms with Crippen LogP contribution in [0.25, 0.3) is 0 Å². The standard InChI is InChI=1S/C30H42FN5O3/c1-39-24-10-11-26(25(31)18-24)33-15-12-23-19-32-16-17-36(23)29(37)27-28(22-8-4-2-5-9-22)35(21-34-27)20-30(38)13-6-3-7-14-30/h4,8-11,18,21,23,27-28,32-33,38H,2-3,5-7,12-17,19-20H2,1H3/t23-,27?,28?/m1/s1. The van der Waals surface area contributed by atoms with Gasteiger partial charge in [-0.15, -0.1) is 0 Å². The fourth-order valence-electron chi connectivity index (χ4n) is 6.38. The molecular weight excluding hydrogens is 497 g/mol. The molecule has 8 nitrogen and oxygen atoms in total. The van der Waals surface area contributed by atoms with E-state index in [2.05, 4.69) is 33.8 Å². The lowest BCUT2D eigenvalue weighted by atomic mass is 9.83. The monoisotopic (exact) mass is 539 g/mol. The van der Waals surface area contributed by atoms with E-state index in [1.54, 1.807) is 18.5 Å². The average Bonchev–Trinajstić information content (AvgIpc) is 3.37. The molecule has 0 aromatic heterocycles. The van der Waals surface area contributed by atoms with E-state index in [0.29, 0.717) is 44.0 Å². The quantitative estimate of drug-likeness (QED) is 0.445. The zero-order chi connectivity index (χ0) is 27.2. The summed E-state index contributed by atoms with van der Waals surface area (Å²) in [5.74, 6) is 0.141. The normalized spacial score (nSPS) is 26.4. The number of allylic oxidation sites excluding steroid dienone is 2. The van der Waals surface area contributed by atoms with Crippen LogP contribution in [0.15, 0.2) is 47.0 Å². The van der Waals surface area contributed by atoms with Crippen molar-refractivity contribution < 1.29 is 19.0 Å². The van der Waals surface area contributed by atoms with Crippen LogP contribution in [0.1, 0.15) is 51.4 Å². The molecule has 2 unspecified atom stereocenters. The number of ether oxygens (including phenoxy) is 1. The lowest BCUT2D eigenvalue weighted by Crippen LogP contribution is -2.58. The second kappa shape index (κ2) is 12.5. The lowest BCUT2D eigenvalue weighted by Gasteiger charge is -2.41. The molecule has 1 aromatic carbocycles. The van der Waals surface area contributed by atoms with Crippen LogP contribution < -0.4 is 15.4 Å². The molecule has 2 fully saturated rings. The van der Waals surface area contributed by atoms with E-state index >= 15 is 0 Å². The maximum atomic E-state index is 14.4. The summed E-state index contributed by atoms with van der Waals surface area (Å²) >= 11 is 0. The van der Waals surface area contributed by atoms with Gasteiger partial charge in [-0.2, -0.15) is 0 Å². The highest BCUT2D eigenvalue weighted by atomic mass is 19.1. The van der Waals surface area contributed by atoms with Crippen molar-refractivity contribution in [2.24, 2.45) is 4.99 Å². The van der Waals surface area contributed by atoms with Gasteiger partial charge in [0.25, 0.3) is 0 Å². The molecule has 1 amide bonds. The second-order valence-corrected chi connectivity index (χ2v) is 11.2. The molecule has 2 heterocycles. The van der Waals surface area contributed by atoms with Gasteiger partial charge in [0.1, 0.15) is 11.6 Å². The van der Waals surface area contributed by atoms with Crippen LogP contribution in [-0.2, 0) is 4.79 Å². The molecule has 39 heavy (non-hydrogen) atoms.